The molecule has 1 amide bonds. The van der Waals surface area contributed by atoms with Crippen LogP contribution in [0.2, 0.25) is 10.0 Å². The normalized spacial score (nSPS) is 11.0. The lowest BCUT2D eigenvalue weighted by Crippen LogP contribution is -2.18. The van der Waals surface area contributed by atoms with Crippen LogP contribution in [0.4, 0.5) is 11.4 Å². The summed E-state index contributed by atoms with van der Waals surface area (Å²) in [5, 5.41) is 3.44. The molecule has 172 valence electrons. The molecule has 9 heteroatoms. The number of rotatable bonds is 7. The SMILES string of the molecule is O=C(Nc1ccc(Oc2ccccc2)cc1)c1cc(Cl)ccc1NS(=O)(=O)c1ccc(Cl)cc1. The standard InChI is InChI=1S/C25H18Cl2N2O4S/c26-17-6-13-22(14-7-17)34(31,32)29-24-15-8-18(27)16-23(24)25(30)28-19-9-11-21(12-10-19)33-20-4-2-1-3-5-20/h1-16,29H,(H,28,30). The van der Waals surface area contributed by atoms with Crippen molar-refractivity contribution >= 4 is 50.5 Å². The number of carbonyl (C=O) groups excluding carboxylic acids is 1. The van der Waals surface area contributed by atoms with E-state index in [1.807, 2.05) is 30.3 Å². The first kappa shape index (κ1) is 23.6. The van der Waals surface area contributed by atoms with Crippen LogP contribution in [0.25, 0.3) is 0 Å². The highest BCUT2D eigenvalue weighted by Crippen LogP contribution is 2.27. The number of halogens is 2. The summed E-state index contributed by atoms with van der Waals surface area (Å²) < 4.78 is 33.8. The van der Waals surface area contributed by atoms with Crippen molar-refractivity contribution in [1.29, 1.82) is 0 Å². The number of nitrogens with one attached hydrogen (secondary N) is 2. The summed E-state index contributed by atoms with van der Waals surface area (Å²) in [5.41, 5.74) is 0.646. The molecule has 0 radical (unpaired) electrons. The van der Waals surface area contributed by atoms with Gasteiger partial charge in [-0.2, -0.15) is 0 Å². The van der Waals surface area contributed by atoms with Crippen molar-refractivity contribution in [2.45, 2.75) is 4.90 Å². The predicted octanol–water partition coefficient (Wildman–Crippen LogP) is 6.84. The van der Waals surface area contributed by atoms with Gasteiger partial charge < -0.3 is 10.1 Å². The fourth-order valence-electron chi connectivity index (χ4n) is 3.04. The number of hydrogen-bond acceptors (Lipinski definition) is 4. The molecule has 0 saturated carbocycles. The lowest BCUT2D eigenvalue weighted by atomic mass is 10.1. The number of hydrogen-bond donors (Lipinski definition) is 2. The van der Waals surface area contributed by atoms with E-state index in [2.05, 4.69) is 10.0 Å². The third kappa shape index (κ3) is 5.88. The van der Waals surface area contributed by atoms with Crippen molar-refractivity contribution < 1.29 is 17.9 Å². The molecule has 4 aromatic carbocycles. The number of carbonyl (C=O) groups is 1. The molecule has 0 spiro atoms. The second-order valence-electron chi connectivity index (χ2n) is 7.14. The predicted molar refractivity (Wildman–Crippen MR) is 135 cm³/mol. The van der Waals surface area contributed by atoms with Gasteiger partial charge in [-0.15, -0.1) is 0 Å². The Hall–Kier alpha value is -3.52. The molecule has 34 heavy (non-hydrogen) atoms. The van der Waals surface area contributed by atoms with Crippen LogP contribution < -0.4 is 14.8 Å². The summed E-state index contributed by atoms with van der Waals surface area (Å²) in [4.78, 5) is 13.0. The monoisotopic (exact) mass is 512 g/mol. The van der Waals surface area contributed by atoms with Crippen molar-refractivity contribution in [3.63, 3.8) is 0 Å². The van der Waals surface area contributed by atoms with E-state index in [9.17, 15) is 13.2 Å². The van der Waals surface area contributed by atoms with Crippen molar-refractivity contribution in [2.75, 3.05) is 10.0 Å². The molecule has 0 atom stereocenters. The maximum Gasteiger partial charge on any atom is 0.261 e. The topological polar surface area (TPSA) is 84.5 Å². The van der Waals surface area contributed by atoms with E-state index >= 15 is 0 Å². The van der Waals surface area contributed by atoms with Crippen LogP contribution >= 0.6 is 23.2 Å². The second-order valence-corrected chi connectivity index (χ2v) is 9.70. The fourth-order valence-corrected chi connectivity index (χ4v) is 4.42. The van der Waals surface area contributed by atoms with Crippen LogP contribution in [-0.4, -0.2) is 14.3 Å². The number of benzene rings is 4. The highest BCUT2D eigenvalue weighted by molar-refractivity contribution is 7.92. The lowest BCUT2D eigenvalue weighted by molar-refractivity contribution is 0.102. The highest BCUT2D eigenvalue weighted by Gasteiger charge is 2.19. The Kier molecular flexibility index (Phi) is 7.07. The van der Waals surface area contributed by atoms with Crippen molar-refractivity contribution in [3.8, 4) is 11.5 Å². The van der Waals surface area contributed by atoms with Crippen LogP contribution in [0, 0.1) is 0 Å². The Bertz CT molecular complexity index is 1410. The van der Waals surface area contributed by atoms with Crippen molar-refractivity contribution in [3.05, 3.63) is 113 Å². The third-order valence-electron chi connectivity index (χ3n) is 4.69. The summed E-state index contributed by atoms with van der Waals surface area (Å²) in [5.74, 6) is 0.757. The average molecular weight is 513 g/mol. The molecule has 0 aliphatic carbocycles. The summed E-state index contributed by atoms with van der Waals surface area (Å²) in [6, 6.07) is 26.1. The van der Waals surface area contributed by atoms with Crippen LogP contribution in [0.1, 0.15) is 10.4 Å². The second kappa shape index (κ2) is 10.2. The smallest absolute Gasteiger partial charge is 0.261 e. The molecule has 0 aromatic heterocycles. The lowest BCUT2D eigenvalue weighted by Gasteiger charge is -2.14. The maximum atomic E-state index is 13.0. The van der Waals surface area contributed by atoms with Gasteiger partial charge in [-0.25, -0.2) is 8.42 Å². The molecule has 0 saturated heterocycles. The molecule has 0 unspecified atom stereocenters. The van der Waals surface area contributed by atoms with Crippen LogP contribution in [-0.2, 0) is 10.0 Å². The Balaban J connectivity index is 1.52. The Morgan fingerprint density at radius 2 is 1.35 bits per heavy atom. The minimum absolute atomic E-state index is 0.00668. The number of ether oxygens (including phenoxy) is 1. The van der Waals surface area contributed by atoms with Gasteiger partial charge in [0, 0.05) is 15.7 Å². The van der Waals surface area contributed by atoms with E-state index in [0.717, 1.165) is 0 Å². The van der Waals surface area contributed by atoms with Gasteiger partial charge in [0.25, 0.3) is 15.9 Å². The third-order valence-corrected chi connectivity index (χ3v) is 6.55. The quantitative estimate of drug-likeness (QED) is 0.284. The molecule has 0 fully saturated rings. The molecule has 6 nitrogen and oxygen atoms in total. The van der Waals surface area contributed by atoms with E-state index in [-0.39, 0.29) is 21.2 Å². The Labute approximate surface area is 207 Å². The van der Waals surface area contributed by atoms with Gasteiger partial charge in [-0.05, 0) is 78.9 Å². The van der Waals surface area contributed by atoms with Gasteiger partial charge in [0.2, 0.25) is 0 Å². The first-order valence-electron chi connectivity index (χ1n) is 10.0. The van der Waals surface area contributed by atoms with E-state index in [1.54, 1.807) is 24.3 Å². The minimum Gasteiger partial charge on any atom is -0.457 e. The zero-order valence-corrected chi connectivity index (χ0v) is 19.9. The molecule has 0 aliphatic rings. The van der Waals surface area contributed by atoms with Crippen molar-refractivity contribution in [2.24, 2.45) is 0 Å². The van der Waals surface area contributed by atoms with Gasteiger partial charge in [-0.1, -0.05) is 41.4 Å². The van der Waals surface area contributed by atoms with Crippen LogP contribution in [0.3, 0.4) is 0 Å². The van der Waals surface area contributed by atoms with Crippen LogP contribution in [0.15, 0.2) is 102 Å². The molecular formula is C25H18Cl2N2O4S. The van der Waals surface area contributed by atoms with Gasteiger partial charge in [-0.3, -0.25) is 9.52 Å². The zero-order chi connectivity index (χ0) is 24.1. The van der Waals surface area contributed by atoms with Gasteiger partial charge in [0.05, 0.1) is 16.1 Å². The molecule has 0 aliphatic heterocycles. The zero-order valence-electron chi connectivity index (χ0n) is 17.5. The minimum atomic E-state index is -3.96. The summed E-state index contributed by atoms with van der Waals surface area (Å²) in [6.45, 7) is 0. The molecule has 4 rings (SSSR count). The van der Waals surface area contributed by atoms with Gasteiger partial charge in [0.15, 0.2) is 0 Å². The van der Waals surface area contributed by atoms with Gasteiger partial charge in [0.1, 0.15) is 11.5 Å². The Morgan fingerprint density at radius 3 is 2.03 bits per heavy atom. The number of amides is 1. The fraction of sp³-hybridized carbons (Fsp3) is 0. The summed E-state index contributed by atoms with van der Waals surface area (Å²) in [6.07, 6.45) is 0. The summed E-state index contributed by atoms with van der Waals surface area (Å²) >= 11 is 11.9. The number of anilines is 2. The average Bonchev–Trinajstić information content (AvgIpc) is 2.82. The summed E-state index contributed by atoms with van der Waals surface area (Å²) in [7, 11) is -3.96. The maximum absolute atomic E-state index is 13.0. The number of para-hydroxylation sites is 1. The van der Waals surface area contributed by atoms with E-state index in [0.29, 0.717) is 22.2 Å². The molecule has 4 aromatic rings. The van der Waals surface area contributed by atoms with E-state index in [1.165, 1.54) is 42.5 Å². The van der Waals surface area contributed by atoms with Gasteiger partial charge >= 0.3 is 0 Å². The molecule has 2 N–H and O–H groups in total. The Morgan fingerprint density at radius 1 is 0.735 bits per heavy atom. The van der Waals surface area contributed by atoms with Crippen LogP contribution in [0.5, 0.6) is 11.5 Å². The van der Waals surface area contributed by atoms with E-state index < -0.39 is 15.9 Å². The van der Waals surface area contributed by atoms with Crippen molar-refractivity contribution in [1.82, 2.24) is 0 Å². The molecule has 0 heterocycles. The van der Waals surface area contributed by atoms with E-state index in [4.69, 9.17) is 27.9 Å². The number of sulfonamides is 1. The first-order valence-corrected chi connectivity index (χ1v) is 12.3. The first-order chi connectivity index (χ1) is 16.3. The largest absolute Gasteiger partial charge is 0.457 e. The highest BCUT2D eigenvalue weighted by atomic mass is 35.5. The molecule has 0 bridgehead atoms. The molecular weight excluding hydrogens is 495 g/mol.